The minimum atomic E-state index is -0.198. The number of pyridine rings is 1. The molecular weight excluding hydrogens is 368 g/mol. The Hall–Kier alpha value is -3.13. The summed E-state index contributed by atoms with van der Waals surface area (Å²) in [7, 11) is 0. The van der Waals surface area contributed by atoms with Gasteiger partial charge in [-0.2, -0.15) is 0 Å². The standard InChI is InChI=1S/C21H28N6O2/c1-3-29-14-18-26-19-17(13-15(2)24-20(19)22)27(18)12-8-7-11-23-21(28)25-16-9-5-4-6-10-16/h4-6,9-10,13H,3,7-8,11-12,14H2,1-2H3,(H2,22,24)(H2,23,25,28). The number of urea groups is 1. The second kappa shape index (κ2) is 9.88. The van der Waals surface area contributed by atoms with E-state index in [9.17, 15) is 4.79 Å². The number of nitrogen functional groups attached to an aromatic ring is 1. The molecule has 29 heavy (non-hydrogen) atoms. The predicted octanol–water partition coefficient (Wildman–Crippen LogP) is 3.46. The van der Waals surface area contributed by atoms with E-state index in [1.807, 2.05) is 50.2 Å². The van der Waals surface area contributed by atoms with E-state index in [1.165, 1.54) is 0 Å². The Bertz CT molecular complexity index is 955. The number of unbranched alkanes of at least 4 members (excludes halogenated alkanes) is 1. The van der Waals surface area contributed by atoms with Crippen LogP contribution in [0, 0.1) is 6.92 Å². The molecule has 2 heterocycles. The summed E-state index contributed by atoms with van der Waals surface area (Å²) in [4.78, 5) is 20.9. The van der Waals surface area contributed by atoms with Gasteiger partial charge >= 0.3 is 6.03 Å². The molecule has 0 bridgehead atoms. The van der Waals surface area contributed by atoms with E-state index < -0.39 is 0 Å². The highest BCUT2D eigenvalue weighted by atomic mass is 16.5. The molecule has 1 aromatic carbocycles. The molecule has 4 N–H and O–H groups in total. The van der Waals surface area contributed by atoms with Gasteiger partial charge in [0.2, 0.25) is 0 Å². The number of carbonyl (C=O) groups excluding carboxylic acids is 1. The van der Waals surface area contributed by atoms with Crippen molar-refractivity contribution in [1.82, 2.24) is 19.9 Å². The second-order valence-corrected chi connectivity index (χ2v) is 6.79. The Kier molecular flexibility index (Phi) is 7.02. The molecule has 0 atom stereocenters. The highest BCUT2D eigenvalue weighted by Crippen LogP contribution is 2.22. The molecule has 0 saturated carbocycles. The van der Waals surface area contributed by atoms with E-state index in [0.29, 0.717) is 31.1 Å². The topological polar surface area (TPSA) is 107 Å². The van der Waals surface area contributed by atoms with Gasteiger partial charge in [0.05, 0.1) is 5.52 Å². The van der Waals surface area contributed by atoms with Crippen molar-refractivity contribution in [2.45, 2.75) is 39.8 Å². The van der Waals surface area contributed by atoms with Crippen molar-refractivity contribution in [1.29, 1.82) is 0 Å². The Balaban J connectivity index is 1.56. The van der Waals surface area contributed by atoms with Crippen LogP contribution in [0.4, 0.5) is 16.3 Å². The average Bonchev–Trinajstić information content (AvgIpc) is 3.04. The number of benzene rings is 1. The number of aryl methyl sites for hydroxylation is 2. The Morgan fingerprint density at radius 3 is 2.76 bits per heavy atom. The van der Waals surface area contributed by atoms with Gasteiger partial charge in [0.15, 0.2) is 5.82 Å². The molecule has 3 aromatic rings. The summed E-state index contributed by atoms with van der Waals surface area (Å²) < 4.78 is 7.70. The summed E-state index contributed by atoms with van der Waals surface area (Å²) in [5, 5.41) is 5.70. The first-order chi connectivity index (χ1) is 14.1. The summed E-state index contributed by atoms with van der Waals surface area (Å²) in [5.41, 5.74) is 9.38. The zero-order valence-corrected chi connectivity index (χ0v) is 16.9. The Morgan fingerprint density at radius 1 is 1.21 bits per heavy atom. The molecule has 0 radical (unpaired) electrons. The van der Waals surface area contributed by atoms with Crippen molar-refractivity contribution < 1.29 is 9.53 Å². The lowest BCUT2D eigenvalue weighted by Crippen LogP contribution is -2.29. The third kappa shape index (κ3) is 5.45. The van der Waals surface area contributed by atoms with Crippen LogP contribution in [0.1, 0.15) is 31.3 Å². The maximum atomic E-state index is 12.0. The molecule has 2 amide bonds. The van der Waals surface area contributed by atoms with E-state index in [2.05, 4.69) is 25.2 Å². The van der Waals surface area contributed by atoms with Gasteiger partial charge in [0.25, 0.3) is 0 Å². The fraction of sp³-hybridized carbons (Fsp3) is 0.381. The minimum absolute atomic E-state index is 0.198. The second-order valence-electron chi connectivity index (χ2n) is 6.79. The third-order valence-electron chi connectivity index (χ3n) is 4.53. The number of nitrogens with zero attached hydrogens (tertiary/aromatic N) is 3. The molecule has 0 unspecified atom stereocenters. The fourth-order valence-electron chi connectivity index (χ4n) is 3.17. The molecule has 8 heteroatoms. The molecule has 0 aliphatic heterocycles. The van der Waals surface area contributed by atoms with Crippen LogP contribution in [0.2, 0.25) is 0 Å². The van der Waals surface area contributed by atoms with Gasteiger partial charge in [-0.05, 0) is 44.9 Å². The summed E-state index contributed by atoms with van der Waals surface area (Å²) in [5.74, 6) is 1.28. The number of anilines is 2. The molecule has 0 spiro atoms. The molecule has 2 aromatic heterocycles. The van der Waals surface area contributed by atoms with Crippen molar-refractivity contribution in [2.24, 2.45) is 0 Å². The number of para-hydroxylation sites is 1. The van der Waals surface area contributed by atoms with Crippen LogP contribution in [-0.2, 0) is 17.9 Å². The lowest BCUT2D eigenvalue weighted by Gasteiger charge is -2.11. The van der Waals surface area contributed by atoms with Crippen LogP contribution in [0.5, 0.6) is 0 Å². The lowest BCUT2D eigenvalue weighted by atomic mass is 10.2. The third-order valence-corrected chi connectivity index (χ3v) is 4.53. The summed E-state index contributed by atoms with van der Waals surface area (Å²) >= 11 is 0. The number of nitrogens with one attached hydrogen (secondary N) is 2. The monoisotopic (exact) mass is 396 g/mol. The molecule has 8 nitrogen and oxygen atoms in total. The van der Waals surface area contributed by atoms with Crippen molar-refractivity contribution >= 4 is 28.6 Å². The normalized spacial score (nSPS) is 11.0. The molecule has 3 rings (SSSR count). The number of aromatic nitrogens is 3. The summed E-state index contributed by atoms with van der Waals surface area (Å²) in [6.45, 7) is 6.29. The Labute approximate surface area is 170 Å². The molecule has 0 fully saturated rings. The first-order valence-corrected chi connectivity index (χ1v) is 9.88. The number of fused-ring (bicyclic) bond motifs is 1. The van der Waals surface area contributed by atoms with Crippen LogP contribution in [0.25, 0.3) is 11.0 Å². The molecule has 0 aliphatic rings. The van der Waals surface area contributed by atoms with E-state index >= 15 is 0 Å². The number of imidazole rings is 1. The number of carbonyl (C=O) groups is 1. The summed E-state index contributed by atoms with van der Waals surface area (Å²) in [6.07, 6.45) is 1.73. The molecular formula is C21H28N6O2. The maximum Gasteiger partial charge on any atom is 0.319 e. The van der Waals surface area contributed by atoms with Crippen molar-refractivity contribution in [2.75, 3.05) is 24.2 Å². The van der Waals surface area contributed by atoms with E-state index in [-0.39, 0.29) is 6.03 Å². The van der Waals surface area contributed by atoms with Crippen LogP contribution >= 0.6 is 0 Å². The maximum absolute atomic E-state index is 12.0. The predicted molar refractivity (Wildman–Crippen MR) is 115 cm³/mol. The van der Waals surface area contributed by atoms with E-state index in [4.69, 9.17) is 10.5 Å². The van der Waals surface area contributed by atoms with Gasteiger partial charge in [-0.25, -0.2) is 14.8 Å². The summed E-state index contributed by atoms with van der Waals surface area (Å²) in [6, 6.07) is 11.2. The average molecular weight is 396 g/mol. The van der Waals surface area contributed by atoms with Crippen molar-refractivity contribution in [3.05, 3.63) is 47.9 Å². The Morgan fingerprint density at radius 2 is 2.00 bits per heavy atom. The SMILES string of the molecule is CCOCc1nc2c(N)nc(C)cc2n1CCCCNC(=O)Nc1ccccc1. The molecule has 154 valence electrons. The number of hydrogen-bond acceptors (Lipinski definition) is 5. The van der Waals surface area contributed by atoms with Crippen molar-refractivity contribution in [3.8, 4) is 0 Å². The lowest BCUT2D eigenvalue weighted by molar-refractivity contribution is 0.126. The van der Waals surface area contributed by atoms with Crippen LogP contribution in [-0.4, -0.2) is 33.7 Å². The number of nitrogens with two attached hydrogens (primary N) is 1. The van der Waals surface area contributed by atoms with Gasteiger partial charge in [0, 0.05) is 31.1 Å². The molecule has 0 saturated heterocycles. The van der Waals surface area contributed by atoms with Crippen LogP contribution in [0.15, 0.2) is 36.4 Å². The van der Waals surface area contributed by atoms with Gasteiger partial charge in [-0.3, -0.25) is 0 Å². The first kappa shape index (κ1) is 20.6. The fourth-order valence-corrected chi connectivity index (χ4v) is 3.17. The zero-order valence-electron chi connectivity index (χ0n) is 16.9. The number of amides is 2. The van der Waals surface area contributed by atoms with Crippen molar-refractivity contribution in [3.63, 3.8) is 0 Å². The van der Waals surface area contributed by atoms with Gasteiger partial charge in [-0.1, -0.05) is 18.2 Å². The number of rotatable bonds is 9. The van der Waals surface area contributed by atoms with Crippen LogP contribution < -0.4 is 16.4 Å². The minimum Gasteiger partial charge on any atom is -0.382 e. The number of ether oxygens (including phenoxy) is 1. The highest BCUT2D eigenvalue weighted by Gasteiger charge is 2.14. The van der Waals surface area contributed by atoms with Crippen LogP contribution in [0.3, 0.4) is 0 Å². The largest absolute Gasteiger partial charge is 0.382 e. The zero-order chi connectivity index (χ0) is 20.6. The van der Waals surface area contributed by atoms with Gasteiger partial charge in [-0.15, -0.1) is 0 Å². The molecule has 0 aliphatic carbocycles. The number of hydrogen-bond donors (Lipinski definition) is 3. The van der Waals surface area contributed by atoms with Gasteiger partial charge in [0.1, 0.15) is 17.9 Å². The highest BCUT2D eigenvalue weighted by molar-refractivity contribution is 5.89. The smallest absolute Gasteiger partial charge is 0.319 e. The van der Waals surface area contributed by atoms with Gasteiger partial charge < -0.3 is 25.7 Å². The first-order valence-electron chi connectivity index (χ1n) is 9.88. The van der Waals surface area contributed by atoms with E-state index in [0.717, 1.165) is 42.1 Å². The van der Waals surface area contributed by atoms with E-state index in [1.54, 1.807) is 0 Å². The quantitative estimate of drug-likeness (QED) is 0.480.